The van der Waals surface area contributed by atoms with Gasteiger partial charge in [0.2, 0.25) is 0 Å². The number of nitrogens with one attached hydrogen (secondary N) is 2. The van der Waals surface area contributed by atoms with Crippen molar-refractivity contribution in [2.24, 2.45) is 0 Å². The molecule has 0 aliphatic heterocycles. The lowest BCUT2D eigenvalue weighted by Gasteiger charge is -2.15. The lowest BCUT2D eigenvalue weighted by atomic mass is 10.1. The molecule has 1 heterocycles. The molecule has 1 aromatic rings. The Labute approximate surface area is 116 Å². The van der Waals surface area contributed by atoms with Crippen molar-refractivity contribution in [3.63, 3.8) is 0 Å². The first-order valence-electron chi connectivity index (χ1n) is 7.12. The van der Waals surface area contributed by atoms with Gasteiger partial charge in [-0.1, -0.05) is 13.3 Å². The van der Waals surface area contributed by atoms with E-state index in [9.17, 15) is 0 Å². The number of rotatable bonds is 9. The van der Waals surface area contributed by atoms with Gasteiger partial charge in [0.25, 0.3) is 0 Å². The molecule has 0 amide bonds. The minimum Gasteiger partial charge on any atom is -0.377 e. The van der Waals surface area contributed by atoms with Crippen LogP contribution in [0.25, 0.3) is 0 Å². The van der Waals surface area contributed by atoms with Crippen molar-refractivity contribution in [1.82, 2.24) is 9.97 Å². The molecule has 0 spiro atoms. The highest BCUT2D eigenvalue weighted by molar-refractivity contribution is 5.57. The van der Waals surface area contributed by atoms with Crippen LogP contribution in [0.3, 0.4) is 0 Å². The van der Waals surface area contributed by atoms with Crippen LogP contribution in [0.2, 0.25) is 0 Å². The highest BCUT2D eigenvalue weighted by atomic mass is 16.5. The van der Waals surface area contributed by atoms with E-state index in [4.69, 9.17) is 4.74 Å². The van der Waals surface area contributed by atoms with Gasteiger partial charge in [-0.15, -0.1) is 0 Å². The van der Waals surface area contributed by atoms with E-state index in [0.29, 0.717) is 6.61 Å². The van der Waals surface area contributed by atoms with Gasteiger partial charge in [-0.25, -0.2) is 9.97 Å². The van der Waals surface area contributed by atoms with E-state index in [1.165, 1.54) is 0 Å². The maximum absolute atomic E-state index is 5.52. The zero-order valence-corrected chi connectivity index (χ0v) is 12.5. The van der Waals surface area contributed by atoms with Gasteiger partial charge in [-0.3, -0.25) is 0 Å². The van der Waals surface area contributed by atoms with Crippen molar-refractivity contribution in [2.45, 2.75) is 46.6 Å². The molecule has 0 saturated heterocycles. The highest BCUT2D eigenvalue weighted by Gasteiger charge is 2.09. The molecular formula is C14H26N4O. The Morgan fingerprint density at radius 3 is 2.42 bits per heavy atom. The van der Waals surface area contributed by atoms with Gasteiger partial charge in [-0.05, 0) is 27.2 Å². The number of ether oxygens (including phenoxy) is 1. The summed E-state index contributed by atoms with van der Waals surface area (Å²) in [5, 5.41) is 6.62. The van der Waals surface area contributed by atoms with E-state index in [2.05, 4.69) is 34.4 Å². The highest BCUT2D eigenvalue weighted by Crippen LogP contribution is 2.21. The predicted octanol–water partition coefficient (Wildman–Crippen LogP) is 2.70. The molecule has 0 aliphatic carbocycles. The molecule has 0 atom stereocenters. The number of nitrogens with zero attached hydrogens (tertiary/aromatic N) is 2. The van der Waals surface area contributed by atoms with Crippen molar-refractivity contribution in [3.05, 3.63) is 11.9 Å². The van der Waals surface area contributed by atoms with Crippen LogP contribution in [0.5, 0.6) is 0 Å². The molecule has 2 N–H and O–H groups in total. The van der Waals surface area contributed by atoms with Gasteiger partial charge in [0.05, 0.1) is 12.7 Å². The molecule has 108 valence electrons. The van der Waals surface area contributed by atoms with Gasteiger partial charge >= 0.3 is 0 Å². The molecule has 0 bridgehead atoms. The SMILES string of the molecule is CCCc1c(NCC)ncnc1NCCOC(C)C. The molecule has 19 heavy (non-hydrogen) atoms. The summed E-state index contributed by atoms with van der Waals surface area (Å²) in [6, 6.07) is 0. The lowest BCUT2D eigenvalue weighted by molar-refractivity contribution is 0.0870. The third kappa shape index (κ3) is 5.42. The summed E-state index contributed by atoms with van der Waals surface area (Å²) in [6.45, 7) is 10.6. The van der Waals surface area contributed by atoms with E-state index in [0.717, 1.165) is 43.1 Å². The number of aromatic nitrogens is 2. The van der Waals surface area contributed by atoms with Crippen molar-refractivity contribution >= 4 is 11.6 Å². The quantitative estimate of drug-likeness (QED) is 0.673. The molecule has 0 radical (unpaired) electrons. The normalized spacial score (nSPS) is 10.8. The van der Waals surface area contributed by atoms with Gasteiger partial charge in [0, 0.05) is 18.7 Å². The first-order chi connectivity index (χ1) is 9.19. The summed E-state index contributed by atoms with van der Waals surface area (Å²) in [6.07, 6.45) is 3.90. The number of anilines is 2. The minimum atomic E-state index is 0.264. The first kappa shape index (κ1) is 15.7. The second-order valence-corrected chi connectivity index (χ2v) is 4.68. The molecule has 0 aromatic carbocycles. The molecule has 0 aliphatic rings. The van der Waals surface area contributed by atoms with Crippen molar-refractivity contribution in [2.75, 3.05) is 30.3 Å². The maximum Gasteiger partial charge on any atom is 0.134 e. The molecule has 0 fully saturated rings. The molecular weight excluding hydrogens is 240 g/mol. The Hall–Kier alpha value is -1.36. The van der Waals surface area contributed by atoms with Crippen LogP contribution in [0, 0.1) is 0 Å². The summed E-state index contributed by atoms with van der Waals surface area (Å²) in [7, 11) is 0. The van der Waals surface area contributed by atoms with Crippen molar-refractivity contribution < 1.29 is 4.74 Å². The van der Waals surface area contributed by atoms with Crippen LogP contribution in [-0.4, -0.2) is 35.8 Å². The van der Waals surface area contributed by atoms with E-state index in [1.807, 2.05) is 13.8 Å². The summed E-state index contributed by atoms with van der Waals surface area (Å²) >= 11 is 0. The van der Waals surface area contributed by atoms with Gasteiger partial charge < -0.3 is 15.4 Å². The van der Waals surface area contributed by atoms with Gasteiger partial charge in [0.1, 0.15) is 18.0 Å². The summed E-state index contributed by atoms with van der Waals surface area (Å²) in [4.78, 5) is 8.65. The molecule has 0 unspecified atom stereocenters. The summed E-state index contributed by atoms with van der Waals surface area (Å²) < 4.78 is 5.52. The van der Waals surface area contributed by atoms with Crippen LogP contribution < -0.4 is 10.6 Å². The Morgan fingerprint density at radius 2 is 1.84 bits per heavy atom. The van der Waals surface area contributed by atoms with E-state index in [1.54, 1.807) is 6.33 Å². The van der Waals surface area contributed by atoms with Crippen LogP contribution in [0.4, 0.5) is 11.6 Å². The van der Waals surface area contributed by atoms with Crippen LogP contribution in [0.15, 0.2) is 6.33 Å². The van der Waals surface area contributed by atoms with Gasteiger partial charge in [0.15, 0.2) is 0 Å². The zero-order valence-electron chi connectivity index (χ0n) is 12.5. The molecule has 1 aromatic heterocycles. The molecule has 5 heteroatoms. The van der Waals surface area contributed by atoms with Crippen LogP contribution >= 0.6 is 0 Å². The van der Waals surface area contributed by atoms with E-state index in [-0.39, 0.29) is 6.10 Å². The Bertz CT molecular complexity index is 368. The molecule has 0 saturated carbocycles. The Morgan fingerprint density at radius 1 is 1.16 bits per heavy atom. The lowest BCUT2D eigenvalue weighted by Crippen LogP contribution is -2.16. The standard InChI is InChI=1S/C14H26N4O/c1-5-7-12-13(15-6-2)17-10-18-14(12)16-8-9-19-11(3)4/h10-11H,5-9H2,1-4H3,(H2,15,16,17,18). The summed E-state index contributed by atoms with van der Waals surface area (Å²) in [5.74, 6) is 1.85. The smallest absolute Gasteiger partial charge is 0.134 e. The maximum atomic E-state index is 5.52. The van der Waals surface area contributed by atoms with Crippen molar-refractivity contribution in [3.8, 4) is 0 Å². The largest absolute Gasteiger partial charge is 0.377 e. The third-order valence-electron chi connectivity index (χ3n) is 2.64. The monoisotopic (exact) mass is 266 g/mol. The zero-order chi connectivity index (χ0) is 14.1. The third-order valence-corrected chi connectivity index (χ3v) is 2.64. The Kier molecular flexibility index (Phi) is 7.18. The second-order valence-electron chi connectivity index (χ2n) is 4.68. The fraction of sp³-hybridized carbons (Fsp3) is 0.714. The first-order valence-corrected chi connectivity index (χ1v) is 7.12. The number of hydrogen-bond donors (Lipinski definition) is 2. The van der Waals surface area contributed by atoms with Crippen LogP contribution in [0.1, 0.15) is 39.7 Å². The fourth-order valence-electron chi connectivity index (χ4n) is 1.84. The van der Waals surface area contributed by atoms with Gasteiger partial charge in [-0.2, -0.15) is 0 Å². The van der Waals surface area contributed by atoms with Crippen molar-refractivity contribution in [1.29, 1.82) is 0 Å². The predicted molar refractivity (Wildman–Crippen MR) is 79.8 cm³/mol. The molecule has 1 rings (SSSR count). The average Bonchev–Trinajstić information content (AvgIpc) is 2.38. The average molecular weight is 266 g/mol. The topological polar surface area (TPSA) is 59.1 Å². The summed E-state index contributed by atoms with van der Waals surface area (Å²) in [5.41, 5.74) is 1.16. The molecule has 5 nitrogen and oxygen atoms in total. The van der Waals surface area contributed by atoms with Crippen LogP contribution in [-0.2, 0) is 11.2 Å². The van der Waals surface area contributed by atoms with E-state index >= 15 is 0 Å². The van der Waals surface area contributed by atoms with E-state index < -0.39 is 0 Å². The minimum absolute atomic E-state index is 0.264. The number of hydrogen-bond acceptors (Lipinski definition) is 5. The Balaban J connectivity index is 2.67. The second kappa shape index (κ2) is 8.69. The fourth-order valence-corrected chi connectivity index (χ4v) is 1.84.